The molecule has 0 spiro atoms. The number of benzene rings is 2. The lowest BCUT2D eigenvalue weighted by Gasteiger charge is -2.07. The number of hydrogen-bond donors (Lipinski definition) is 2. The summed E-state index contributed by atoms with van der Waals surface area (Å²) < 4.78 is 7.06. The highest BCUT2D eigenvalue weighted by Crippen LogP contribution is 2.31. The third-order valence-corrected chi connectivity index (χ3v) is 5.79. The number of fused-ring (bicyclic) bond motifs is 1. The zero-order valence-corrected chi connectivity index (χ0v) is 16.6. The number of thiazole rings is 1. The highest BCUT2D eigenvalue weighted by atomic mass is 32.2. The molecule has 0 bridgehead atoms. The van der Waals surface area contributed by atoms with Gasteiger partial charge < -0.3 is 4.74 Å². The molecule has 1 heterocycles. The predicted molar refractivity (Wildman–Crippen MR) is 108 cm³/mol. The quantitative estimate of drug-likeness (QED) is 0.365. The Hall–Kier alpha value is -2.91. The normalized spacial score (nSPS) is 10.5. The highest BCUT2D eigenvalue weighted by Gasteiger charge is 2.11. The summed E-state index contributed by atoms with van der Waals surface area (Å²) in [5.74, 6) is -0.913. The molecule has 28 heavy (non-hydrogen) atoms. The molecule has 2 N–H and O–H groups in total. The molecule has 0 radical (unpaired) electrons. The maximum atomic E-state index is 12.0. The molecule has 0 atom stereocenters. The Morgan fingerprint density at radius 1 is 1.07 bits per heavy atom. The summed E-state index contributed by atoms with van der Waals surface area (Å²) in [6, 6.07) is 15.0. The van der Waals surface area contributed by atoms with Gasteiger partial charge in [0.25, 0.3) is 5.91 Å². The van der Waals surface area contributed by atoms with Crippen LogP contribution >= 0.6 is 23.1 Å². The first-order valence-electron chi connectivity index (χ1n) is 8.31. The molecule has 0 saturated heterocycles. The summed E-state index contributed by atoms with van der Waals surface area (Å²) in [6.07, 6.45) is 0. The number of aromatic nitrogens is 1. The average molecular weight is 415 g/mol. The number of ether oxygens (including phenoxy) is 1. The number of carbonyl (C=O) groups is 3. The van der Waals surface area contributed by atoms with Crippen molar-refractivity contribution in [3.8, 4) is 0 Å². The minimum atomic E-state index is -0.618. The summed E-state index contributed by atoms with van der Waals surface area (Å²) in [5, 5.41) is 0. The number of nitrogens with one attached hydrogen (secondary N) is 2. The smallest absolute Gasteiger partial charge is 0.338 e. The summed E-state index contributed by atoms with van der Waals surface area (Å²) >= 11 is 3.29. The number of hydrogen-bond acceptors (Lipinski definition) is 7. The SMILES string of the molecule is CC(=O)NNC(=O)COC(=O)c1ccc(CSc2nc3ccccc3s2)cc1. The monoisotopic (exact) mass is 415 g/mol. The van der Waals surface area contributed by atoms with Crippen LogP contribution in [0.3, 0.4) is 0 Å². The molecule has 7 nitrogen and oxygen atoms in total. The van der Waals surface area contributed by atoms with Gasteiger partial charge in [-0.15, -0.1) is 11.3 Å². The van der Waals surface area contributed by atoms with Crippen molar-refractivity contribution < 1.29 is 19.1 Å². The second-order valence-electron chi connectivity index (χ2n) is 5.74. The van der Waals surface area contributed by atoms with Gasteiger partial charge in [-0.25, -0.2) is 9.78 Å². The van der Waals surface area contributed by atoms with E-state index in [1.165, 1.54) is 6.92 Å². The van der Waals surface area contributed by atoms with Gasteiger partial charge in [0.2, 0.25) is 5.91 Å². The first-order valence-corrected chi connectivity index (χ1v) is 10.1. The minimum absolute atomic E-state index is 0.348. The molecule has 144 valence electrons. The highest BCUT2D eigenvalue weighted by molar-refractivity contribution is 8.00. The van der Waals surface area contributed by atoms with E-state index in [0.29, 0.717) is 5.56 Å². The van der Waals surface area contributed by atoms with Crippen LogP contribution in [0.2, 0.25) is 0 Å². The van der Waals surface area contributed by atoms with Gasteiger partial charge in [-0.1, -0.05) is 36.0 Å². The van der Waals surface area contributed by atoms with Crippen LogP contribution in [0, 0.1) is 0 Å². The molecule has 1 aromatic heterocycles. The first kappa shape index (κ1) is 19.8. The molecule has 3 rings (SSSR count). The molecule has 0 aliphatic rings. The molecule has 2 aromatic carbocycles. The number of para-hydroxylation sites is 1. The van der Waals surface area contributed by atoms with E-state index in [2.05, 4.69) is 15.8 Å². The van der Waals surface area contributed by atoms with E-state index in [1.807, 2.05) is 36.4 Å². The molecule has 0 aliphatic heterocycles. The van der Waals surface area contributed by atoms with E-state index in [4.69, 9.17) is 4.74 Å². The van der Waals surface area contributed by atoms with Gasteiger partial charge in [0.05, 0.1) is 15.8 Å². The average Bonchev–Trinajstić information content (AvgIpc) is 3.12. The van der Waals surface area contributed by atoms with E-state index in [-0.39, 0.29) is 0 Å². The van der Waals surface area contributed by atoms with Gasteiger partial charge in [0, 0.05) is 12.7 Å². The van der Waals surface area contributed by atoms with Crippen LogP contribution in [0.1, 0.15) is 22.8 Å². The largest absolute Gasteiger partial charge is 0.452 e. The maximum absolute atomic E-state index is 12.0. The molecule has 2 amide bonds. The lowest BCUT2D eigenvalue weighted by molar-refractivity contribution is -0.129. The second-order valence-corrected chi connectivity index (χ2v) is 7.99. The third kappa shape index (κ3) is 5.54. The van der Waals surface area contributed by atoms with Crippen LogP contribution in [-0.4, -0.2) is 29.4 Å². The van der Waals surface area contributed by atoms with Crippen LogP contribution in [0.4, 0.5) is 0 Å². The van der Waals surface area contributed by atoms with Gasteiger partial charge >= 0.3 is 5.97 Å². The predicted octanol–water partition coefficient (Wildman–Crippen LogP) is 2.91. The van der Waals surface area contributed by atoms with E-state index >= 15 is 0 Å². The van der Waals surface area contributed by atoms with Crippen molar-refractivity contribution in [3.05, 3.63) is 59.7 Å². The molecular weight excluding hydrogens is 398 g/mol. The fraction of sp³-hybridized carbons (Fsp3) is 0.158. The molecule has 0 fully saturated rings. The maximum Gasteiger partial charge on any atom is 0.338 e. The molecular formula is C19H17N3O4S2. The van der Waals surface area contributed by atoms with Crippen molar-refractivity contribution in [3.63, 3.8) is 0 Å². The van der Waals surface area contributed by atoms with E-state index < -0.39 is 24.4 Å². The summed E-state index contributed by atoms with van der Waals surface area (Å²) in [5.41, 5.74) is 6.62. The van der Waals surface area contributed by atoms with Gasteiger partial charge in [-0.3, -0.25) is 20.4 Å². The Kier molecular flexibility index (Phi) is 6.62. The van der Waals surface area contributed by atoms with E-state index in [9.17, 15) is 14.4 Å². The first-order chi connectivity index (χ1) is 13.5. The number of rotatable bonds is 6. The second kappa shape index (κ2) is 9.34. The lowest BCUT2D eigenvalue weighted by atomic mass is 10.1. The van der Waals surface area contributed by atoms with Gasteiger partial charge in [-0.2, -0.15) is 0 Å². The van der Waals surface area contributed by atoms with E-state index in [1.54, 1.807) is 35.2 Å². The zero-order valence-electron chi connectivity index (χ0n) is 14.9. The number of hydrazine groups is 1. The van der Waals surface area contributed by atoms with E-state index in [0.717, 1.165) is 25.9 Å². The molecule has 0 unspecified atom stereocenters. The van der Waals surface area contributed by atoms with Crippen molar-refractivity contribution in [2.45, 2.75) is 17.0 Å². The van der Waals surface area contributed by atoms with Crippen molar-refractivity contribution in [2.24, 2.45) is 0 Å². The lowest BCUT2D eigenvalue weighted by Crippen LogP contribution is -2.42. The Labute approximate surface area is 169 Å². The Bertz CT molecular complexity index is 969. The van der Waals surface area contributed by atoms with Crippen LogP contribution < -0.4 is 10.9 Å². The van der Waals surface area contributed by atoms with Gasteiger partial charge in [0.15, 0.2) is 10.9 Å². The van der Waals surface area contributed by atoms with Crippen LogP contribution in [0.25, 0.3) is 10.2 Å². The minimum Gasteiger partial charge on any atom is -0.452 e. The molecule has 0 aliphatic carbocycles. The zero-order chi connectivity index (χ0) is 19.9. The Balaban J connectivity index is 1.49. The van der Waals surface area contributed by atoms with Crippen LogP contribution in [-0.2, 0) is 20.1 Å². The van der Waals surface area contributed by atoms with Crippen LogP contribution in [0.5, 0.6) is 0 Å². The van der Waals surface area contributed by atoms with Crippen molar-refractivity contribution in [2.75, 3.05) is 6.61 Å². The number of esters is 1. The molecule has 3 aromatic rings. The summed E-state index contributed by atoms with van der Waals surface area (Å²) in [4.78, 5) is 38.7. The van der Waals surface area contributed by atoms with Gasteiger partial charge in [-0.05, 0) is 29.8 Å². The van der Waals surface area contributed by atoms with Crippen LogP contribution in [0.15, 0.2) is 52.9 Å². The number of thioether (sulfide) groups is 1. The number of amides is 2. The number of carbonyl (C=O) groups excluding carboxylic acids is 3. The van der Waals surface area contributed by atoms with Crippen molar-refractivity contribution >= 4 is 51.1 Å². The fourth-order valence-corrected chi connectivity index (χ4v) is 4.23. The Morgan fingerprint density at radius 3 is 2.54 bits per heavy atom. The summed E-state index contributed by atoms with van der Waals surface area (Å²) in [7, 11) is 0. The third-order valence-electron chi connectivity index (χ3n) is 3.54. The number of nitrogens with zero attached hydrogens (tertiary/aromatic N) is 1. The molecule has 0 saturated carbocycles. The topological polar surface area (TPSA) is 97.4 Å². The Morgan fingerprint density at radius 2 is 1.82 bits per heavy atom. The summed E-state index contributed by atoms with van der Waals surface area (Å²) in [6.45, 7) is 0.775. The fourth-order valence-electron chi connectivity index (χ4n) is 2.20. The van der Waals surface area contributed by atoms with Gasteiger partial charge in [0.1, 0.15) is 0 Å². The van der Waals surface area contributed by atoms with Crippen molar-refractivity contribution in [1.82, 2.24) is 15.8 Å². The van der Waals surface area contributed by atoms with Crippen molar-refractivity contribution in [1.29, 1.82) is 0 Å². The molecule has 9 heteroatoms. The standard InChI is InChI=1S/C19H17N3O4S2/c1-12(23)21-22-17(24)10-26-18(25)14-8-6-13(7-9-14)11-27-19-20-15-4-2-3-5-16(15)28-19/h2-9H,10-11H2,1H3,(H,21,23)(H,22,24).